The normalized spacial score (nSPS) is 32.1. The number of hydrogen-bond donors (Lipinski definition) is 1. The lowest BCUT2D eigenvalue weighted by Crippen LogP contribution is -2.45. The molecule has 14 heavy (non-hydrogen) atoms. The Morgan fingerprint density at radius 1 is 1.29 bits per heavy atom. The van der Waals surface area contributed by atoms with Gasteiger partial charge in [0.15, 0.2) is 0 Å². The van der Waals surface area contributed by atoms with E-state index in [1.807, 2.05) is 0 Å². The minimum absolute atomic E-state index is 0.169. The second-order valence-electron chi connectivity index (χ2n) is 4.79. The van der Waals surface area contributed by atoms with Crippen LogP contribution in [0.5, 0.6) is 0 Å². The Kier molecular flexibility index (Phi) is 4.74. The Morgan fingerprint density at radius 2 is 1.79 bits per heavy atom. The fourth-order valence-corrected chi connectivity index (χ4v) is 3.30. The quantitative estimate of drug-likeness (QED) is 0.780. The van der Waals surface area contributed by atoms with Crippen LogP contribution in [0.25, 0.3) is 0 Å². The number of hydrogen-bond acceptors (Lipinski definition) is 3. The van der Waals surface area contributed by atoms with Gasteiger partial charge < -0.3 is 5.11 Å². The molecule has 1 aliphatic heterocycles. The lowest BCUT2D eigenvalue weighted by molar-refractivity contribution is 0.0757. The van der Waals surface area contributed by atoms with E-state index in [4.69, 9.17) is 0 Å². The summed E-state index contributed by atoms with van der Waals surface area (Å²) in [7, 11) is 0. The van der Waals surface area contributed by atoms with Gasteiger partial charge in [0.2, 0.25) is 0 Å². The minimum atomic E-state index is -0.169. The van der Waals surface area contributed by atoms with Gasteiger partial charge in [-0.1, -0.05) is 27.7 Å². The molecule has 1 saturated heterocycles. The predicted molar refractivity (Wildman–Crippen MR) is 63.8 cm³/mol. The van der Waals surface area contributed by atoms with Crippen molar-refractivity contribution in [1.29, 1.82) is 0 Å². The zero-order valence-electron chi connectivity index (χ0n) is 9.73. The van der Waals surface area contributed by atoms with E-state index >= 15 is 0 Å². The van der Waals surface area contributed by atoms with E-state index in [1.54, 1.807) is 0 Å². The van der Waals surface area contributed by atoms with Crippen LogP contribution in [0.4, 0.5) is 0 Å². The molecular weight excluding hydrogens is 194 g/mol. The molecule has 0 aromatic carbocycles. The molecule has 3 unspecified atom stereocenters. The van der Waals surface area contributed by atoms with Crippen molar-refractivity contribution in [2.75, 3.05) is 19.6 Å². The summed E-state index contributed by atoms with van der Waals surface area (Å²) in [5, 5.41) is 11.2. The number of nitrogens with zero attached hydrogens (tertiary/aromatic N) is 1. The monoisotopic (exact) mass is 217 g/mol. The first kappa shape index (κ1) is 12.3. The Morgan fingerprint density at radius 3 is 2.21 bits per heavy atom. The molecule has 0 spiro atoms. The van der Waals surface area contributed by atoms with E-state index in [0.717, 1.165) is 19.6 Å². The predicted octanol–water partition coefficient (Wildman–Crippen LogP) is 1.83. The molecule has 0 aromatic heterocycles. The van der Waals surface area contributed by atoms with Crippen LogP contribution >= 0.6 is 11.8 Å². The van der Waals surface area contributed by atoms with Gasteiger partial charge in [0.1, 0.15) is 0 Å². The molecule has 1 aliphatic rings. The van der Waals surface area contributed by atoms with E-state index in [2.05, 4.69) is 44.4 Å². The lowest BCUT2D eigenvalue weighted by Gasteiger charge is -2.36. The van der Waals surface area contributed by atoms with E-state index in [1.165, 1.54) is 0 Å². The zero-order valence-corrected chi connectivity index (χ0v) is 10.5. The molecule has 1 heterocycles. The number of β-amino-alcohol motifs (C(OH)–C–C–N with tert-alkyl or cyclic N) is 1. The topological polar surface area (TPSA) is 23.5 Å². The standard InChI is InChI=1S/C11H23NOS/c1-8(2)11(13)7-12-5-9(3)14-10(4)6-12/h8-11,13H,5-7H2,1-4H3. The van der Waals surface area contributed by atoms with Crippen molar-refractivity contribution in [3.8, 4) is 0 Å². The molecule has 2 nitrogen and oxygen atoms in total. The summed E-state index contributed by atoms with van der Waals surface area (Å²) in [5.41, 5.74) is 0. The largest absolute Gasteiger partial charge is 0.392 e. The van der Waals surface area contributed by atoms with Gasteiger partial charge in [0.05, 0.1) is 6.10 Å². The summed E-state index contributed by atoms with van der Waals surface area (Å²) in [6.07, 6.45) is -0.169. The first-order valence-electron chi connectivity index (χ1n) is 5.55. The lowest BCUT2D eigenvalue weighted by atomic mass is 10.1. The second-order valence-corrected chi connectivity index (χ2v) is 6.67. The molecule has 1 rings (SSSR count). The highest BCUT2D eigenvalue weighted by Gasteiger charge is 2.24. The maximum Gasteiger partial charge on any atom is 0.0689 e. The zero-order chi connectivity index (χ0) is 10.7. The third kappa shape index (κ3) is 3.79. The summed E-state index contributed by atoms with van der Waals surface area (Å²) < 4.78 is 0. The first-order valence-corrected chi connectivity index (χ1v) is 6.49. The molecule has 0 saturated carbocycles. The van der Waals surface area contributed by atoms with Crippen molar-refractivity contribution >= 4 is 11.8 Å². The van der Waals surface area contributed by atoms with Crippen LogP contribution in [0.2, 0.25) is 0 Å². The van der Waals surface area contributed by atoms with Crippen LogP contribution in [-0.2, 0) is 0 Å². The number of thioether (sulfide) groups is 1. The Balaban J connectivity index is 2.36. The Bertz CT molecular complexity index is 165. The van der Waals surface area contributed by atoms with Gasteiger partial charge in [-0.3, -0.25) is 4.90 Å². The average molecular weight is 217 g/mol. The summed E-state index contributed by atoms with van der Waals surface area (Å²) in [4.78, 5) is 2.40. The summed E-state index contributed by atoms with van der Waals surface area (Å²) >= 11 is 2.06. The maximum absolute atomic E-state index is 9.80. The molecule has 0 bridgehead atoms. The van der Waals surface area contributed by atoms with Crippen LogP contribution in [0.3, 0.4) is 0 Å². The van der Waals surface area contributed by atoms with Gasteiger partial charge in [-0.25, -0.2) is 0 Å². The number of rotatable bonds is 3. The fraction of sp³-hybridized carbons (Fsp3) is 1.00. The third-order valence-electron chi connectivity index (χ3n) is 2.71. The molecule has 3 atom stereocenters. The van der Waals surface area contributed by atoms with Crippen LogP contribution in [0, 0.1) is 5.92 Å². The third-order valence-corrected chi connectivity index (χ3v) is 3.94. The highest BCUT2D eigenvalue weighted by molar-refractivity contribution is 8.00. The Labute approximate surface area is 92.1 Å². The molecule has 84 valence electrons. The molecule has 0 amide bonds. The smallest absolute Gasteiger partial charge is 0.0689 e. The molecule has 1 N–H and O–H groups in total. The summed E-state index contributed by atoms with van der Waals surface area (Å²) in [5.74, 6) is 0.371. The SMILES string of the molecule is CC1CN(CC(O)C(C)C)CC(C)S1. The molecule has 3 heteroatoms. The van der Waals surface area contributed by atoms with E-state index in [9.17, 15) is 5.11 Å². The van der Waals surface area contributed by atoms with Crippen LogP contribution in [0.1, 0.15) is 27.7 Å². The maximum atomic E-state index is 9.80. The molecule has 1 fully saturated rings. The molecular formula is C11H23NOS. The van der Waals surface area contributed by atoms with Crippen molar-refractivity contribution in [3.63, 3.8) is 0 Å². The van der Waals surface area contributed by atoms with E-state index in [-0.39, 0.29) is 6.10 Å². The van der Waals surface area contributed by atoms with Gasteiger partial charge in [0, 0.05) is 30.1 Å². The Hall–Kier alpha value is 0.270. The van der Waals surface area contributed by atoms with Gasteiger partial charge in [-0.15, -0.1) is 0 Å². The van der Waals surface area contributed by atoms with Gasteiger partial charge in [-0.05, 0) is 5.92 Å². The van der Waals surface area contributed by atoms with Gasteiger partial charge in [0.25, 0.3) is 0 Å². The van der Waals surface area contributed by atoms with E-state index in [0.29, 0.717) is 16.4 Å². The van der Waals surface area contributed by atoms with Crippen molar-refractivity contribution in [1.82, 2.24) is 4.90 Å². The van der Waals surface area contributed by atoms with Crippen LogP contribution < -0.4 is 0 Å². The first-order chi connectivity index (χ1) is 6.49. The average Bonchev–Trinajstić information content (AvgIpc) is 2.01. The number of aliphatic hydroxyl groups is 1. The fourth-order valence-electron chi connectivity index (χ4n) is 1.91. The summed E-state index contributed by atoms with van der Waals surface area (Å²) in [6.45, 7) is 11.8. The van der Waals surface area contributed by atoms with Crippen LogP contribution in [0.15, 0.2) is 0 Å². The second kappa shape index (κ2) is 5.38. The van der Waals surface area contributed by atoms with Crippen molar-refractivity contribution in [2.24, 2.45) is 5.92 Å². The van der Waals surface area contributed by atoms with Crippen LogP contribution in [-0.4, -0.2) is 46.2 Å². The van der Waals surface area contributed by atoms with Crippen molar-refractivity contribution in [3.05, 3.63) is 0 Å². The molecule has 0 radical (unpaired) electrons. The van der Waals surface area contributed by atoms with Gasteiger partial charge >= 0.3 is 0 Å². The molecule has 0 aliphatic carbocycles. The minimum Gasteiger partial charge on any atom is -0.392 e. The summed E-state index contributed by atoms with van der Waals surface area (Å²) in [6, 6.07) is 0. The van der Waals surface area contributed by atoms with Crippen molar-refractivity contribution < 1.29 is 5.11 Å². The number of aliphatic hydroxyl groups excluding tert-OH is 1. The highest BCUT2D eigenvalue weighted by atomic mass is 32.2. The molecule has 0 aromatic rings. The van der Waals surface area contributed by atoms with E-state index < -0.39 is 0 Å². The van der Waals surface area contributed by atoms with Crippen molar-refractivity contribution in [2.45, 2.75) is 44.3 Å². The highest BCUT2D eigenvalue weighted by Crippen LogP contribution is 2.24. The van der Waals surface area contributed by atoms with Gasteiger partial charge in [-0.2, -0.15) is 11.8 Å².